The van der Waals surface area contributed by atoms with Gasteiger partial charge in [0, 0.05) is 32.1 Å². The molecule has 1 aliphatic rings. The van der Waals surface area contributed by atoms with Gasteiger partial charge in [0.15, 0.2) is 11.6 Å². The summed E-state index contributed by atoms with van der Waals surface area (Å²) in [4.78, 5) is 25.8. The van der Waals surface area contributed by atoms with E-state index < -0.39 is 23.5 Å². The number of para-hydroxylation sites is 1. The smallest absolute Gasteiger partial charge is 0.416 e. The van der Waals surface area contributed by atoms with Crippen molar-refractivity contribution in [1.29, 1.82) is 0 Å². The third-order valence-electron chi connectivity index (χ3n) is 6.40. The van der Waals surface area contributed by atoms with E-state index >= 15 is 0 Å². The Bertz CT molecular complexity index is 1480. The van der Waals surface area contributed by atoms with Crippen molar-refractivity contribution in [1.82, 2.24) is 14.9 Å². The number of halogens is 4. The van der Waals surface area contributed by atoms with Gasteiger partial charge in [-0.15, -0.1) is 0 Å². The number of hydrogen-bond acceptors (Lipinski definition) is 5. The van der Waals surface area contributed by atoms with Crippen LogP contribution in [0.4, 0.5) is 23.5 Å². The van der Waals surface area contributed by atoms with Gasteiger partial charge in [-0.3, -0.25) is 4.79 Å². The van der Waals surface area contributed by atoms with Crippen molar-refractivity contribution in [2.45, 2.75) is 25.7 Å². The van der Waals surface area contributed by atoms with Crippen molar-refractivity contribution >= 4 is 11.9 Å². The van der Waals surface area contributed by atoms with E-state index in [0.29, 0.717) is 36.7 Å². The summed E-state index contributed by atoms with van der Waals surface area (Å²) >= 11 is 0. The number of hydrogen-bond donors (Lipinski definition) is 0. The maximum absolute atomic E-state index is 14.5. The van der Waals surface area contributed by atoms with Crippen molar-refractivity contribution in [3.8, 4) is 11.6 Å². The summed E-state index contributed by atoms with van der Waals surface area (Å²) in [6.45, 7) is 0.879. The predicted octanol–water partition coefficient (Wildman–Crippen LogP) is 6.26. The van der Waals surface area contributed by atoms with E-state index in [-0.39, 0.29) is 23.7 Å². The first kappa shape index (κ1) is 26.1. The first-order chi connectivity index (χ1) is 18.7. The highest BCUT2D eigenvalue weighted by molar-refractivity contribution is 5.94. The Morgan fingerprint density at radius 3 is 2.36 bits per heavy atom. The zero-order valence-corrected chi connectivity index (χ0v) is 21.0. The first-order valence-corrected chi connectivity index (χ1v) is 12.2. The van der Waals surface area contributed by atoms with Gasteiger partial charge in [-0.2, -0.15) is 18.2 Å². The van der Waals surface area contributed by atoms with Gasteiger partial charge in [-0.05, 0) is 42.0 Å². The topological polar surface area (TPSA) is 58.6 Å². The predicted molar refractivity (Wildman–Crippen MR) is 137 cm³/mol. The lowest BCUT2D eigenvalue weighted by atomic mass is 10.0. The van der Waals surface area contributed by atoms with E-state index in [1.165, 1.54) is 17.0 Å². The quantitative estimate of drug-likeness (QED) is 0.272. The Morgan fingerprint density at radius 2 is 1.67 bits per heavy atom. The molecule has 0 atom stereocenters. The normalized spacial score (nSPS) is 13.1. The molecule has 200 valence electrons. The van der Waals surface area contributed by atoms with E-state index in [2.05, 4.69) is 4.98 Å². The highest BCUT2D eigenvalue weighted by Gasteiger charge is 2.32. The fraction of sp³-hybridized carbons (Fsp3) is 0.207. The Hall–Kier alpha value is -4.47. The summed E-state index contributed by atoms with van der Waals surface area (Å²) in [5.41, 5.74) is 1.52. The maximum atomic E-state index is 14.5. The Labute approximate surface area is 222 Å². The average Bonchev–Trinajstić information content (AvgIpc) is 2.93. The second-order valence-electron chi connectivity index (χ2n) is 9.18. The van der Waals surface area contributed by atoms with Crippen LogP contribution in [0.5, 0.6) is 11.6 Å². The lowest BCUT2D eigenvalue weighted by molar-refractivity contribution is -0.137. The van der Waals surface area contributed by atoms with E-state index in [9.17, 15) is 22.4 Å². The largest absolute Gasteiger partial charge is 0.435 e. The van der Waals surface area contributed by atoms with Gasteiger partial charge in [-0.25, -0.2) is 9.37 Å². The fourth-order valence-electron chi connectivity index (χ4n) is 4.34. The second kappa shape index (κ2) is 10.7. The fourth-order valence-corrected chi connectivity index (χ4v) is 4.34. The lowest BCUT2D eigenvalue weighted by Gasteiger charge is -2.30. The van der Waals surface area contributed by atoms with E-state index in [4.69, 9.17) is 9.72 Å². The molecular formula is C29H24F4N4O2. The minimum atomic E-state index is -4.49. The number of fused-ring (bicyclic) bond motifs is 1. The van der Waals surface area contributed by atoms with E-state index in [1.807, 2.05) is 42.3 Å². The third-order valence-corrected chi connectivity index (χ3v) is 6.40. The molecule has 0 aliphatic carbocycles. The number of ether oxygens (including phenoxy) is 1. The molecule has 0 bridgehead atoms. The summed E-state index contributed by atoms with van der Waals surface area (Å²) < 4.78 is 59.2. The van der Waals surface area contributed by atoms with Gasteiger partial charge in [0.25, 0.3) is 5.91 Å². The number of carbonyl (C=O) groups excluding carboxylic acids is 1. The zero-order valence-electron chi connectivity index (χ0n) is 21.0. The highest BCUT2D eigenvalue weighted by Crippen LogP contribution is 2.33. The van der Waals surface area contributed by atoms with Crippen molar-refractivity contribution in [2.75, 3.05) is 18.5 Å². The molecule has 6 nitrogen and oxygen atoms in total. The number of nitrogens with zero attached hydrogens (tertiary/aromatic N) is 4. The summed E-state index contributed by atoms with van der Waals surface area (Å²) in [7, 11) is 1.84. The number of alkyl halides is 3. The summed E-state index contributed by atoms with van der Waals surface area (Å²) in [5.74, 6) is -0.535. The number of amides is 1. The molecule has 39 heavy (non-hydrogen) atoms. The van der Waals surface area contributed by atoms with Gasteiger partial charge in [0.2, 0.25) is 11.8 Å². The molecule has 0 fully saturated rings. The average molecular weight is 537 g/mol. The molecular weight excluding hydrogens is 512 g/mol. The number of carbonyl (C=O) groups is 1. The molecule has 10 heteroatoms. The van der Waals surface area contributed by atoms with Crippen LogP contribution in [0.2, 0.25) is 0 Å². The highest BCUT2D eigenvalue weighted by atomic mass is 19.4. The van der Waals surface area contributed by atoms with Gasteiger partial charge >= 0.3 is 6.18 Å². The minimum Gasteiger partial charge on any atom is -0.435 e. The molecule has 1 amide bonds. The Balaban J connectivity index is 1.45. The number of aromatic nitrogens is 2. The SMILES string of the molecule is CN(Cc1ccccc1)c1nc2c(c(Oc3ccccc3F)n1)CN(C(=O)c1ccc(C(F)(F)F)cc1)CC2. The number of benzene rings is 3. The molecule has 0 radical (unpaired) electrons. The number of anilines is 1. The molecule has 0 unspecified atom stereocenters. The molecule has 0 saturated heterocycles. The number of rotatable bonds is 6. The Kier molecular flexibility index (Phi) is 7.19. The first-order valence-electron chi connectivity index (χ1n) is 12.2. The molecule has 1 aromatic heterocycles. The van der Waals surface area contributed by atoms with Crippen LogP contribution >= 0.6 is 0 Å². The van der Waals surface area contributed by atoms with Crippen LogP contribution in [-0.4, -0.2) is 34.4 Å². The molecule has 2 heterocycles. The van der Waals surface area contributed by atoms with Crippen LogP contribution in [0.15, 0.2) is 78.9 Å². The van der Waals surface area contributed by atoms with Crippen LogP contribution < -0.4 is 9.64 Å². The Morgan fingerprint density at radius 1 is 0.974 bits per heavy atom. The summed E-state index contributed by atoms with van der Waals surface area (Å²) in [6.07, 6.45) is -4.13. The van der Waals surface area contributed by atoms with Gasteiger partial charge in [0.05, 0.1) is 23.4 Å². The van der Waals surface area contributed by atoms with Crippen LogP contribution in [0.25, 0.3) is 0 Å². The van der Waals surface area contributed by atoms with E-state index in [0.717, 1.165) is 29.8 Å². The second-order valence-corrected chi connectivity index (χ2v) is 9.18. The lowest BCUT2D eigenvalue weighted by Crippen LogP contribution is -2.37. The van der Waals surface area contributed by atoms with Crippen molar-refractivity contribution in [2.24, 2.45) is 0 Å². The van der Waals surface area contributed by atoms with E-state index in [1.54, 1.807) is 12.1 Å². The standard InChI is InChI=1S/C29H24F4N4O2/c1-36(17-19-7-3-2-4-8-19)28-34-24-15-16-37(27(38)20-11-13-21(14-12-20)29(31,32)33)18-22(24)26(35-28)39-25-10-6-5-9-23(25)30/h2-14H,15-18H2,1H3. The van der Waals surface area contributed by atoms with Gasteiger partial charge in [-0.1, -0.05) is 42.5 Å². The van der Waals surface area contributed by atoms with Crippen LogP contribution in [0, 0.1) is 5.82 Å². The van der Waals surface area contributed by atoms with Crippen molar-refractivity contribution in [3.05, 3.63) is 113 Å². The van der Waals surface area contributed by atoms with Crippen molar-refractivity contribution < 1.29 is 27.1 Å². The molecule has 4 aromatic rings. The summed E-state index contributed by atoms with van der Waals surface area (Å²) in [6, 6.07) is 19.8. The summed E-state index contributed by atoms with van der Waals surface area (Å²) in [5, 5.41) is 0. The van der Waals surface area contributed by atoms with Crippen LogP contribution in [-0.2, 0) is 25.7 Å². The minimum absolute atomic E-state index is 0.0266. The maximum Gasteiger partial charge on any atom is 0.416 e. The monoisotopic (exact) mass is 536 g/mol. The molecule has 0 saturated carbocycles. The molecule has 3 aromatic carbocycles. The molecule has 5 rings (SSSR count). The van der Waals surface area contributed by atoms with Crippen LogP contribution in [0.1, 0.15) is 32.7 Å². The zero-order chi connectivity index (χ0) is 27.6. The van der Waals surface area contributed by atoms with Crippen LogP contribution in [0.3, 0.4) is 0 Å². The molecule has 0 spiro atoms. The van der Waals surface area contributed by atoms with Gasteiger partial charge < -0.3 is 14.5 Å². The third kappa shape index (κ3) is 5.84. The molecule has 0 N–H and O–H groups in total. The van der Waals surface area contributed by atoms with Crippen molar-refractivity contribution in [3.63, 3.8) is 0 Å². The molecule has 1 aliphatic heterocycles. The van der Waals surface area contributed by atoms with Gasteiger partial charge in [0.1, 0.15) is 0 Å².